The largest absolute Gasteiger partial charge is 0.388 e. The Morgan fingerprint density at radius 2 is 2.10 bits per heavy atom. The predicted molar refractivity (Wildman–Crippen MR) is 74.2 cm³/mol. The molecule has 1 aromatic heterocycles. The number of aryl methyl sites for hydroxylation is 1. The topological polar surface area (TPSA) is 75.4 Å². The van der Waals surface area contributed by atoms with E-state index in [1.807, 2.05) is 37.3 Å². The lowest BCUT2D eigenvalue weighted by Crippen LogP contribution is -2.33. The molecule has 0 aliphatic rings. The number of nitrogens with one attached hydrogen (secondary N) is 1. The van der Waals surface area contributed by atoms with Crippen molar-refractivity contribution < 1.29 is 14.4 Å². The van der Waals surface area contributed by atoms with Crippen molar-refractivity contribution in [2.75, 3.05) is 0 Å². The van der Waals surface area contributed by atoms with Crippen molar-refractivity contribution >= 4 is 5.91 Å². The molecule has 1 amide bonds. The molecule has 0 saturated carbocycles. The second-order valence-electron chi connectivity index (χ2n) is 4.86. The van der Waals surface area contributed by atoms with Gasteiger partial charge in [0.15, 0.2) is 5.69 Å². The lowest BCUT2D eigenvalue weighted by Gasteiger charge is -2.17. The second-order valence-corrected chi connectivity index (χ2v) is 4.86. The Labute approximate surface area is 117 Å². The first-order valence-corrected chi connectivity index (χ1v) is 6.53. The molecule has 1 aromatic carbocycles. The van der Waals surface area contributed by atoms with Crippen molar-refractivity contribution in [3.63, 3.8) is 0 Å². The van der Waals surface area contributed by atoms with Crippen LogP contribution in [-0.2, 0) is 0 Å². The highest BCUT2D eigenvalue weighted by Gasteiger charge is 2.17. The van der Waals surface area contributed by atoms with E-state index in [1.54, 1.807) is 13.0 Å². The first kappa shape index (κ1) is 14.3. The predicted octanol–water partition coefficient (Wildman–Crippen LogP) is 2.23. The standard InChI is InChI=1S/C15H18N2O3/c1-10(8-14(18)12-6-4-3-5-7-12)16-15(19)13-9-11(2)20-17-13/h3-7,9-10,14,18H,8H2,1-2H3,(H,16,19). The molecule has 0 radical (unpaired) electrons. The van der Waals surface area contributed by atoms with Crippen LogP contribution in [0.2, 0.25) is 0 Å². The van der Waals surface area contributed by atoms with Gasteiger partial charge in [0.1, 0.15) is 5.76 Å². The van der Waals surface area contributed by atoms with Crippen LogP contribution in [0.25, 0.3) is 0 Å². The van der Waals surface area contributed by atoms with Crippen molar-refractivity contribution in [3.8, 4) is 0 Å². The summed E-state index contributed by atoms with van der Waals surface area (Å²) >= 11 is 0. The highest BCUT2D eigenvalue weighted by Crippen LogP contribution is 2.17. The number of amides is 1. The van der Waals surface area contributed by atoms with Crippen molar-refractivity contribution in [3.05, 3.63) is 53.4 Å². The van der Waals surface area contributed by atoms with Crippen LogP contribution in [0.4, 0.5) is 0 Å². The third kappa shape index (κ3) is 3.68. The van der Waals surface area contributed by atoms with Gasteiger partial charge in [0.25, 0.3) is 5.91 Å². The van der Waals surface area contributed by atoms with E-state index in [0.29, 0.717) is 12.2 Å². The molecule has 5 heteroatoms. The minimum atomic E-state index is -0.606. The highest BCUT2D eigenvalue weighted by molar-refractivity contribution is 5.92. The Balaban J connectivity index is 1.89. The molecule has 2 N–H and O–H groups in total. The van der Waals surface area contributed by atoms with Gasteiger partial charge in [-0.05, 0) is 25.8 Å². The monoisotopic (exact) mass is 274 g/mol. The van der Waals surface area contributed by atoms with Gasteiger partial charge in [-0.3, -0.25) is 4.79 Å². The third-order valence-corrected chi connectivity index (χ3v) is 3.00. The van der Waals surface area contributed by atoms with E-state index in [-0.39, 0.29) is 17.6 Å². The molecule has 2 rings (SSSR count). The van der Waals surface area contributed by atoms with E-state index in [9.17, 15) is 9.90 Å². The van der Waals surface area contributed by atoms with Crippen LogP contribution in [0.3, 0.4) is 0 Å². The van der Waals surface area contributed by atoms with Crippen LogP contribution in [0.1, 0.15) is 41.3 Å². The quantitative estimate of drug-likeness (QED) is 0.876. The average molecular weight is 274 g/mol. The number of nitrogens with zero attached hydrogens (tertiary/aromatic N) is 1. The molecule has 2 atom stereocenters. The fourth-order valence-electron chi connectivity index (χ4n) is 1.98. The number of carbonyl (C=O) groups excluding carboxylic acids is 1. The second kappa shape index (κ2) is 6.34. The fraction of sp³-hybridized carbons (Fsp3) is 0.333. The van der Waals surface area contributed by atoms with Crippen LogP contribution in [0, 0.1) is 6.92 Å². The minimum absolute atomic E-state index is 0.172. The van der Waals surface area contributed by atoms with Gasteiger partial charge in [-0.15, -0.1) is 0 Å². The summed E-state index contributed by atoms with van der Waals surface area (Å²) in [6.07, 6.45) is -0.169. The molecule has 20 heavy (non-hydrogen) atoms. The summed E-state index contributed by atoms with van der Waals surface area (Å²) in [6.45, 7) is 3.57. The molecular formula is C15H18N2O3. The van der Waals surface area contributed by atoms with Crippen molar-refractivity contribution in [1.82, 2.24) is 10.5 Å². The maximum Gasteiger partial charge on any atom is 0.273 e. The van der Waals surface area contributed by atoms with Crippen LogP contribution in [0.5, 0.6) is 0 Å². The number of rotatable bonds is 5. The summed E-state index contributed by atoms with van der Waals surface area (Å²) in [5.41, 5.74) is 1.09. The van der Waals surface area contributed by atoms with Gasteiger partial charge in [0.2, 0.25) is 0 Å². The van der Waals surface area contributed by atoms with Gasteiger partial charge in [0, 0.05) is 12.1 Å². The molecule has 1 heterocycles. The average Bonchev–Trinajstić information content (AvgIpc) is 2.86. The summed E-state index contributed by atoms with van der Waals surface area (Å²) in [5, 5.41) is 16.5. The first-order valence-electron chi connectivity index (χ1n) is 6.53. The number of carbonyl (C=O) groups is 1. The lowest BCUT2D eigenvalue weighted by atomic mass is 10.0. The molecule has 106 valence electrons. The van der Waals surface area contributed by atoms with Crippen LogP contribution in [-0.4, -0.2) is 22.2 Å². The highest BCUT2D eigenvalue weighted by atomic mass is 16.5. The molecule has 2 unspecified atom stereocenters. The van der Waals surface area contributed by atoms with E-state index in [1.165, 1.54) is 0 Å². The van der Waals surface area contributed by atoms with Gasteiger partial charge in [-0.2, -0.15) is 0 Å². The van der Waals surface area contributed by atoms with Crippen LogP contribution >= 0.6 is 0 Å². The molecular weight excluding hydrogens is 256 g/mol. The molecule has 0 saturated heterocycles. The molecule has 2 aromatic rings. The summed E-state index contributed by atoms with van der Waals surface area (Å²) in [5.74, 6) is 0.293. The smallest absolute Gasteiger partial charge is 0.273 e. The van der Waals surface area contributed by atoms with Crippen molar-refractivity contribution in [1.29, 1.82) is 0 Å². The van der Waals surface area contributed by atoms with E-state index in [0.717, 1.165) is 5.56 Å². The van der Waals surface area contributed by atoms with Gasteiger partial charge in [-0.25, -0.2) is 0 Å². The Morgan fingerprint density at radius 3 is 2.70 bits per heavy atom. The van der Waals surface area contributed by atoms with Crippen LogP contribution < -0.4 is 5.32 Å². The van der Waals surface area contributed by atoms with E-state index in [2.05, 4.69) is 10.5 Å². The van der Waals surface area contributed by atoms with Crippen LogP contribution in [0.15, 0.2) is 40.9 Å². The summed E-state index contributed by atoms with van der Waals surface area (Å²) in [6, 6.07) is 10.8. The molecule has 0 aliphatic heterocycles. The zero-order valence-corrected chi connectivity index (χ0v) is 11.5. The fourth-order valence-corrected chi connectivity index (χ4v) is 1.98. The van der Waals surface area contributed by atoms with E-state index >= 15 is 0 Å². The number of aromatic nitrogens is 1. The van der Waals surface area contributed by atoms with E-state index in [4.69, 9.17) is 4.52 Å². The molecule has 0 bridgehead atoms. The molecule has 0 fully saturated rings. The van der Waals surface area contributed by atoms with Crippen molar-refractivity contribution in [2.45, 2.75) is 32.4 Å². The summed E-state index contributed by atoms with van der Waals surface area (Å²) in [7, 11) is 0. The van der Waals surface area contributed by atoms with Gasteiger partial charge < -0.3 is 14.9 Å². The van der Waals surface area contributed by atoms with Crippen molar-refractivity contribution in [2.24, 2.45) is 0 Å². The summed E-state index contributed by atoms with van der Waals surface area (Å²) < 4.78 is 4.86. The zero-order chi connectivity index (χ0) is 14.5. The number of aliphatic hydroxyl groups excluding tert-OH is 1. The Hall–Kier alpha value is -2.14. The third-order valence-electron chi connectivity index (χ3n) is 3.00. The van der Waals surface area contributed by atoms with Gasteiger partial charge in [0.05, 0.1) is 6.10 Å². The summed E-state index contributed by atoms with van der Waals surface area (Å²) in [4.78, 5) is 11.9. The lowest BCUT2D eigenvalue weighted by molar-refractivity contribution is 0.0908. The van der Waals surface area contributed by atoms with Gasteiger partial charge in [-0.1, -0.05) is 35.5 Å². The van der Waals surface area contributed by atoms with Gasteiger partial charge >= 0.3 is 0 Å². The number of hydrogen-bond donors (Lipinski definition) is 2. The molecule has 5 nitrogen and oxygen atoms in total. The normalized spacial score (nSPS) is 13.8. The maximum absolute atomic E-state index is 11.9. The molecule has 0 spiro atoms. The zero-order valence-electron chi connectivity index (χ0n) is 11.5. The Bertz CT molecular complexity index is 566. The van der Waals surface area contributed by atoms with E-state index < -0.39 is 6.10 Å². The maximum atomic E-state index is 11.9. The number of aliphatic hydroxyl groups is 1. The number of hydrogen-bond acceptors (Lipinski definition) is 4. The Kier molecular flexibility index (Phi) is 4.53. The minimum Gasteiger partial charge on any atom is -0.388 e. The Morgan fingerprint density at radius 1 is 1.40 bits per heavy atom. The molecule has 0 aliphatic carbocycles. The number of benzene rings is 1. The SMILES string of the molecule is Cc1cc(C(=O)NC(C)CC(O)c2ccccc2)no1. The first-order chi connectivity index (χ1) is 9.56.